The Hall–Kier alpha value is -1.74. The lowest BCUT2D eigenvalue weighted by Gasteiger charge is -2.34. The monoisotopic (exact) mass is 471 g/mol. The number of carbonyl (C=O) groups excluding carboxylic acids is 3. The van der Waals surface area contributed by atoms with Crippen LogP contribution in [0.2, 0.25) is 0 Å². The Bertz CT molecular complexity index is 830. The normalized spacial score (nSPS) is 19.0. The predicted octanol–water partition coefficient (Wildman–Crippen LogP) is 3.16. The van der Waals surface area contributed by atoms with E-state index < -0.39 is 30.5 Å². The van der Waals surface area contributed by atoms with Gasteiger partial charge in [0.25, 0.3) is 13.4 Å². The minimum absolute atomic E-state index is 0.00199. The van der Waals surface area contributed by atoms with Gasteiger partial charge in [-0.2, -0.15) is 5.06 Å². The number of pyridine rings is 1. The molecule has 11 heteroatoms. The van der Waals surface area contributed by atoms with Gasteiger partial charge in [0, 0.05) is 30.8 Å². The molecule has 0 aliphatic carbocycles. The van der Waals surface area contributed by atoms with E-state index in [1.165, 1.54) is 6.92 Å². The number of nitrogens with zero attached hydrogens (tertiary/aromatic N) is 2. The summed E-state index contributed by atoms with van der Waals surface area (Å²) < 4.78 is 19.5. The molecule has 0 radical (unpaired) electrons. The average Bonchev–Trinajstić information content (AvgIpc) is 2.71. The van der Waals surface area contributed by atoms with Crippen LogP contribution in [0.15, 0.2) is 24.4 Å². The third-order valence-electron chi connectivity index (χ3n) is 4.44. The van der Waals surface area contributed by atoms with E-state index >= 15 is 0 Å². The van der Waals surface area contributed by atoms with Crippen LogP contribution < -0.4 is 5.09 Å². The zero-order valence-corrected chi connectivity index (χ0v) is 20.0. The van der Waals surface area contributed by atoms with E-state index in [4.69, 9.17) is 9.36 Å². The molecule has 1 aromatic rings. The summed E-state index contributed by atoms with van der Waals surface area (Å²) in [6, 6.07) is 5.34. The third kappa shape index (κ3) is 7.71. The van der Waals surface area contributed by atoms with Crippen LogP contribution >= 0.6 is 19.3 Å². The molecule has 9 nitrogen and oxygen atoms in total. The second-order valence-electron chi connectivity index (χ2n) is 8.15. The van der Waals surface area contributed by atoms with Gasteiger partial charge >= 0.3 is 5.97 Å². The summed E-state index contributed by atoms with van der Waals surface area (Å²) in [7, 11) is -3.69. The van der Waals surface area contributed by atoms with Crippen molar-refractivity contribution in [3.63, 3.8) is 0 Å². The molecule has 1 saturated heterocycles. The van der Waals surface area contributed by atoms with Crippen molar-refractivity contribution in [3.05, 3.63) is 30.1 Å². The van der Waals surface area contributed by atoms with Gasteiger partial charge in [0.1, 0.15) is 5.66 Å². The van der Waals surface area contributed by atoms with Gasteiger partial charge in [-0.1, -0.05) is 38.6 Å². The van der Waals surface area contributed by atoms with Crippen molar-refractivity contribution in [2.75, 3.05) is 18.9 Å². The van der Waals surface area contributed by atoms with E-state index in [-0.39, 0.29) is 24.8 Å². The molecule has 1 aliphatic heterocycles. The van der Waals surface area contributed by atoms with Gasteiger partial charge in [0.15, 0.2) is 5.12 Å². The van der Waals surface area contributed by atoms with Gasteiger partial charge < -0.3 is 9.36 Å². The minimum atomic E-state index is -3.69. The molecule has 172 valence electrons. The second-order valence-corrected chi connectivity index (χ2v) is 11.6. The van der Waals surface area contributed by atoms with Crippen LogP contribution in [0.5, 0.6) is 0 Å². The first kappa shape index (κ1) is 25.5. The quantitative estimate of drug-likeness (QED) is 0.428. The number of amides is 1. The summed E-state index contributed by atoms with van der Waals surface area (Å²) in [5.41, 5.74) is -0.841. The topological polar surface area (TPSA) is 115 Å². The molecule has 1 amide bonds. The first-order valence-electron chi connectivity index (χ1n) is 10.1. The molecule has 2 unspecified atom stereocenters. The van der Waals surface area contributed by atoms with Gasteiger partial charge in [0.05, 0.1) is 18.8 Å². The highest BCUT2D eigenvalue weighted by Crippen LogP contribution is 2.51. The number of hydrogen-bond acceptors (Lipinski definition) is 8. The van der Waals surface area contributed by atoms with Crippen molar-refractivity contribution in [1.29, 1.82) is 0 Å². The van der Waals surface area contributed by atoms with Crippen molar-refractivity contribution in [1.82, 2.24) is 15.1 Å². The van der Waals surface area contributed by atoms with Crippen LogP contribution in [-0.2, 0) is 34.9 Å². The second kappa shape index (κ2) is 11.2. The molecule has 0 bridgehead atoms. The molecule has 1 aliphatic rings. The van der Waals surface area contributed by atoms with Crippen molar-refractivity contribution in [3.8, 4) is 0 Å². The minimum Gasteiger partial charge on any atom is -0.338 e. The molecule has 0 saturated carbocycles. The number of hydrogen-bond donors (Lipinski definition) is 1. The number of nitrogens with one attached hydrogen (secondary N) is 1. The Kier molecular flexibility index (Phi) is 9.24. The molecule has 2 atom stereocenters. The molecular weight excluding hydrogens is 441 g/mol. The lowest BCUT2D eigenvalue weighted by atomic mass is 10.00. The van der Waals surface area contributed by atoms with Crippen LogP contribution in [0.3, 0.4) is 0 Å². The lowest BCUT2D eigenvalue weighted by molar-refractivity contribution is -0.199. The van der Waals surface area contributed by atoms with E-state index in [2.05, 4.69) is 10.1 Å². The number of carbonyl (C=O) groups is 3. The molecular formula is C20H30N3O6PS. The molecule has 2 heterocycles. The van der Waals surface area contributed by atoms with E-state index in [1.54, 1.807) is 24.4 Å². The predicted molar refractivity (Wildman–Crippen MR) is 118 cm³/mol. The number of thioether (sulfide) groups is 1. The van der Waals surface area contributed by atoms with Crippen molar-refractivity contribution >= 4 is 36.3 Å². The van der Waals surface area contributed by atoms with Crippen LogP contribution in [-0.4, -0.2) is 51.6 Å². The zero-order chi connectivity index (χ0) is 23.1. The van der Waals surface area contributed by atoms with Crippen LogP contribution in [0.25, 0.3) is 0 Å². The molecule has 31 heavy (non-hydrogen) atoms. The van der Waals surface area contributed by atoms with Crippen LogP contribution in [0, 0.1) is 5.41 Å². The highest BCUT2D eigenvalue weighted by Gasteiger charge is 2.45. The number of rotatable bonds is 9. The highest BCUT2D eigenvalue weighted by molar-refractivity contribution is 8.13. The maximum atomic E-state index is 13.8. The van der Waals surface area contributed by atoms with Gasteiger partial charge in [-0.25, -0.2) is 5.09 Å². The van der Waals surface area contributed by atoms with E-state index in [1.807, 2.05) is 20.8 Å². The number of hydroxylamine groups is 2. The molecule has 1 fully saturated rings. The molecule has 0 aromatic carbocycles. The first-order chi connectivity index (χ1) is 14.5. The van der Waals surface area contributed by atoms with Crippen LogP contribution in [0.1, 0.15) is 46.2 Å². The van der Waals surface area contributed by atoms with Crippen molar-refractivity contribution in [2.45, 2.75) is 52.7 Å². The van der Waals surface area contributed by atoms with Crippen LogP contribution in [0.4, 0.5) is 0 Å². The van der Waals surface area contributed by atoms with Gasteiger partial charge in [-0.15, -0.1) is 0 Å². The summed E-state index contributed by atoms with van der Waals surface area (Å²) in [6.07, 6.45) is 2.46. The number of aromatic nitrogens is 1. The molecule has 1 N–H and O–H groups in total. The Morgan fingerprint density at radius 3 is 2.71 bits per heavy atom. The smallest absolute Gasteiger partial charge is 0.329 e. The Morgan fingerprint density at radius 1 is 1.35 bits per heavy atom. The Balaban J connectivity index is 2.11. The maximum Gasteiger partial charge on any atom is 0.329 e. The van der Waals surface area contributed by atoms with Gasteiger partial charge in [-0.05, 0) is 25.0 Å². The van der Waals surface area contributed by atoms with Crippen molar-refractivity contribution in [2.24, 2.45) is 5.41 Å². The Labute approximate surface area is 187 Å². The Morgan fingerprint density at radius 2 is 2.10 bits per heavy atom. The lowest BCUT2D eigenvalue weighted by Crippen LogP contribution is -2.46. The van der Waals surface area contributed by atoms with E-state index in [0.29, 0.717) is 24.3 Å². The van der Waals surface area contributed by atoms with Crippen molar-refractivity contribution < 1.29 is 28.3 Å². The summed E-state index contributed by atoms with van der Waals surface area (Å²) >= 11 is 1.11. The standard InChI is InChI=1S/C20H30N3O6PS/c1-15(24)29-23-11-7-9-17(18(23)25)30(27,22-14-16-8-5-6-10-21-16)28-12-13-31-19(26)20(2,3)4/h5-6,8,10,17H,7,9,11-14H2,1-4H3,(H,22,27). The first-order valence-corrected chi connectivity index (χ1v) is 12.8. The van der Waals surface area contributed by atoms with Gasteiger partial charge in [0.2, 0.25) is 0 Å². The molecule has 2 rings (SSSR count). The fraction of sp³-hybridized carbons (Fsp3) is 0.600. The highest BCUT2D eigenvalue weighted by atomic mass is 32.2. The van der Waals surface area contributed by atoms with E-state index in [0.717, 1.165) is 16.8 Å². The summed E-state index contributed by atoms with van der Waals surface area (Å²) in [6.45, 7) is 7.09. The number of piperidine rings is 1. The third-order valence-corrected chi connectivity index (χ3v) is 8.15. The summed E-state index contributed by atoms with van der Waals surface area (Å²) in [4.78, 5) is 45.4. The SMILES string of the molecule is CC(=O)ON1CCCC(P(=O)(NCc2ccccn2)OCCSC(=O)C(C)(C)C)C1=O. The molecule has 0 spiro atoms. The fourth-order valence-corrected chi connectivity index (χ4v) is 5.94. The maximum absolute atomic E-state index is 13.8. The summed E-state index contributed by atoms with van der Waals surface area (Å²) in [5, 5.41) is 3.85. The average molecular weight is 472 g/mol. The van der Waals surface area contributed by atoms with E-state index in [9.17, 15) is 18.9 Å². The zero-order valence-electron chi connectivity index (χ0n) is 18.3. The molecule has 1 aromatic heterocycles. The largest absolute Gasteiger partial charge is 0.338 e. The van der Waals surface area contributed by atoms with Gasteiger partial charge in [-0.3, -0.25) is 23.9 Å². The summed E-state index contributed by atoms with van der Waals surface area (Å²) in [5.74, 6) is -0.875. The fourth-order valence-electron chi connectivity index (χ4n) is 2.85.